The summed E-state index contributed by atoms with van der Waals surface area (Å²) in [5.74, 6) is 0.668. The van der Waals surface area contributed by atoms with E-state index in [4.69, 9.17) is 5.73 Å². The van der Waals surface area contributed by atoms with E-state index in [1.165, 1.54) is 18.6 Å². The Balaban J connectivity index is 2.12. The first-order chi connectivity index (χ1) is 8.85. The largest absolute Gasteiger partial charge is 0.383 e. The van der Waals surface area contributed by atoms with Crippen molar-refractivity contribution in [2.24, 2.45) is 5.41 Å². The number of nitrogens with one attached hydrogen (secondary N) is 1. The highest BCUT2D eigenvalue weighted by Crippen LogP contribution is 2.36. The molecule has 0 aromatic carbocycles. The molecular formula is C13H20N4O2. The summed E-state index contributed by atoms with van der Waals surface area (Å²) in [6.07, 6.45) is 4.48. The van der Waals surface area contributed by atoms with Gasteiger partial charge in [-0.15, -0.1) is 0 Å². The molecule has 104 valence electrons. The fourth-order valence-electron chi connectivity index (χ4n) is 2.75. The van der Waals surface area contributed by atoms with Gasteiger partial charge in [-0.3, -0.25) is 10.1 Å². The maximum absolute atomic E-state index is 10.8. The zero-order valence-corrected chi connectivity index (χ0v) is 11.3. The Bertz CT molecular complexity index is 488. The van der Waals surface area contributed by atoms with Crippen LogP contribution in [0.3, 0.4) is 0 Å². The summed E-state index contributed by atoms with van der Waals surface area (Å²) in [5.41, 5.74) is 5.88. The van der Waals surface area contributed by atoms with Crippen LogP contribution < -0.4 is 11.1 Å². The van der Waals surface area contributed by atoms with E-state index in [0.29, 0.717) is 17.3 Å². The summed E-state index contributed by atoms with van der Waals surface area (Å²) >= 11 is 0. The SMILES string of the molecule is CC1(C)CCCC(Nc2cc([N+](=O)[O-])cc(N)n2)C1. The Kier molecular flexibility index (Phi) is 3.59. The average Bonchev–Trinajstić information content (AvgIpc) is 2.26. The molecule has 1 fully saturated rings. The highest BCUT2D eigenvalue weighted by Gasteiger charge is 2.28. The van der Waals surface area contributed by atoms with Crippen LogP contribution in [0.5, 0.6) is 0 Å². The molecule has 1 saturated carbocycles. The fraction of sp³-hybridized carbons (Fsp3) is 0.615. The Labute approximate surface area is 112 Å². The van der Waals surface area contributed by atoms with Gasteiger partial charge in [0.05, 0.1) is 17.1 Å². The zero-order chi connectivity index (χ0) is 14.0. The second kappa shape index (κ2) is 5.03. The zero-order valence-electron chi connectivity index (χ0n) is 11.3. The standard InChI is InChI=1S/C13H20N4O2/c1-13(2)5-3-4-9(8-13)15-12-7-10(17(18)19)6-11(14)16-12/h6-7,9H,3-5,8H2,1-2H3,(H3,14,15,16). The number of anilines is 2. The molecule has 1 aliphatic carbocycles. The third kappa shape index (κ3) is 3.56. The van der Waals surface area contributed by atoms with Crippen molar-refractivity contribution < 1.29 is 4.92 Å². The quantitative estimate of drug-likeness (QED) is 0.646. The molecule has 1 heterocycles. The molecule has 1 unspecified atom stereocenters. The van der Waals surface area contributed by atoms with Crippen LogP contribution in [0.2, 0.25) is 0 Å². The molecule has 0 radical (unpaired) electrons. The summed E-state index contributed by atoms with van der Waals surface area (Å²) < 4.78 is 0. The number of rotatable bonds is 3. The maximum Gasteiger partial charge on any atom is 0.276 e. The first kappa shape index (κ1) is 13.6. The Morgan fingerprint density at radius 2 is 2.26 bits per heavy atom. The van der Waals surface area contributed by atoms with Gasteiger partial charge in [-0.05, 0) is 24.7 Å². The van der Waals surface area contributed by atoms with E-state index >= 15 is 0 Å². The van der Waals surface area contributed by atoms with Crippen LogP contribution in [0.4, 0.5) is 17.3 Å². The molecule has 1 atom stereocenters. The first-order valence-electron chi connectivity index (χ1n) is 6.54. The lowest BCUT2D eigenvalue weighted by atomic mass is 9.75. The molecule has 1 aromatic heterocycles. The predicted octanol–water partition coefficient (Wildman–Crippen LogP) is 2.95. The van der Waals surface area contributed by atoms with E-state index in [2.05, 4.69) is 24.1 Å². The van der Waals surface area contributed by atoms with Crippen molar-refractivity contribution in [2.75, 3.05) is 11.1 Å². The number of pyridine rings is 1. The molecular weight excluding hydrogens is 244 g/mol. The minimum atomic E-state index is -0.450. The number of hydrogen-bond acceptors (Lipinski definition) is 5. The van der Waals surface area contributed by atoms with Crippen LogP contribution in [0.15, 0.2) is 12.1 Å². The number of nitrogens with two attached hydrogens (primary N) is 1. The van der Waals surface area contributed by atoms with Gasteiger partial charge in [0.2, 0.25) is 0 Å². The van der Waals surface area contributed by atoms with Crippen LogP contribution >= 0.6 is 0 Å². The fourth-order valence-corrected chi connectivity index (χ4v) is 2.75. The van der Waals surface area contributed by atoms with Gasteiger partial charge in [-0.2, -0.15) is 0 Å². The van der Waals surface area contributed by atoms with Gasteiger partial charge >= 0.3 is 0 Å². The number of nitrogens with zero attached hydrogens (tertiary/aromatic N) is 2. The second-order valence-electron chi connectivity index (χ2n) is 5.99. The highest BCUT2D eigenvalue weighted by atomic mass is 16.6. The normalized spacial score (nSPS) is 21.9. The number of nitrogen functional groups attached to an aromatic ring is 1. The van der Waals surface area contributed by atoms with Crippen molar-refractivity contribution in [1.82, 2.24) is 4.98 Å². The molecule has 1 aliphatic rings. The average molecular weight is 264 g/mol. The van der Waals surface area contributed by atoms with Crippen LogP contribution in [-0.2, 0) is 0 Å². The van der Waals surface area contributed by atoms with Crippen molar-refractivity contribution >= 4 is 17.3 Å². The topological polar surface area (TPSA) is 94.1 Å². The van der Waals surface area contributed by atoms with Gasteiger partial charge in [-0.1, -0.05) is 20.3 Å². The smallest absolute Gasteiger partial charge is 0.276 e. The third-order valence-electron chi connectivity index (χ3n) is 3.60. The van der Waals surface area contributed by atoms with Gasteiger partial charge in [0.25, 0.3) is 5.69 Å². The summed E-state index contributed by atoms with van der Waals surface area (Å²) in [4.78, 5) is 14.5. The molecule has 0 saturated heterocycles. The number of aromatic nitrogens is 1. The van der Waals surface area contributed by atoms with E-state index in [9.17, 15) is 10.1 Å². The van der Waals surface area contributed by atoms with Gasteiger partial charge in [0.15, 0.2) is 0 Å². The monoisotopic (exact) mass is 264 g/mol. The summed E-state index contributed by atoms with van der Waals surface area (Å²) in [7, 11) is 0. The Morgan fingerprint density at radius 1 is 1.53 bits per heavy atom. The lowest BCUT2D eigenvalue weighted by Gasteiger charge is -2.35. The molecule has 3 N–H and O–H groups in total. The van der Waals surface area contributed by atoms with E-state index in [0.717, 1.165) is 19.3 Å². The lowest BCUT2D eigenvalue weighted by Crippen LogP contribution is -2.32. The molecule has 0 amide bonds. The molecule has 0 bridgehead atoms. The van der Waals surface area contributed by atoms with Crippen LogP contribution in [0.1, 0.15) is 39.5 Å². The Morgan fingerprint density at radius 3 is 2.89 bits per heavy atom. The number of hydrogen-bond donors (Lipinski definition) is 2. The molecule has 19 heavy (non-hydrogen) atoms. The molecule has 0 spiro atoms. The van der Waals surface area contributed by atoms with Crippen molar-refractivity contribution in [3.05, 3.63) is 22.2 Å². The minimum Gasteiger partial charge on any atom is -0.383 e. The molecule has 6 heteroatoms. The van der Waals surface area contributed by atoms with Crippen LogP contribution in [-0.4, -0.2) is 15.9 Å². The van der Waals surface area contributed by atoms with Crippen molar-refractivity contribution in [3.8, 4) is 0 Å². The van der Waals surface area contributed by atoms with E-state index in [1.807, 2.05) is 0 Å². The van der Waals surface area contributed by atoms with Crippen molar-refractivity contribution in [3.63, 3.8) is 0 Å². The summed E-state index contributed by atoms with van der Waals surface area (Å²) in [5, 5.41) is 14.1. The van der Waals surface area contributed by atoms with Gasteiger partial charge in [-0.25, -0.2) is 4.98 Å². The maximum atomic E-state index is 10.8. The van der Waals surface area contributed by atoms with Crippen molar-refractivity contribution in [1.29, 1.82) is 0 Å². The molecule has 0 aliphatic heterocycles. The van der Waals surface area contributed by atoms with Gasteiger partial charge in [0.1, 0.15) is 11.6 Å². The highest BCUT2D eigenvalue weighted by molar-refractivity contribution is 5.53. The second-order valence-corrected chi connectivity index (χ2v) is 5.99. The van der Waals surface area contributed by atoms with Crippen molar-refractivity contribution in [2.45, 2.75) is 45.6 Å². The Hall–Kier alpha value is -1.85. The van der Waals surface area contributed by atoms with Crippen LogP contribution in [0, 0.1) is 15.5 Å². The van der Waals surface area contributed by atoms with Gasteiger partial charge in [0, 0.05) is 6.04 Å². The molecule has 6 nitrogen and oxygen atoms in total. The summed E-state index contributed by atoms with van der Waals surface area (Å²) in [6, 6.07) is 3.02. The van der Waals surface area contributed by atoms with E-state index in [-0.39, 0.29) is 11.5 Å². The van der Waals surface area contributed by atoms with E-state index < -0.39 is 4.92 Å². The predicted molar refractivity (Wildman–Crippen MR) is 75.0 cm³/mol. The third-order valence-corrected chi connectivity index (χ3v) is 3.60. The first-order valence-corrected chi connectivity index (χ1v) is 6.54. The van der Waals surface area contributed by atoms with Crippen LogP contribution in [0.25, 0.3) is 0 Å². The minimum absolute atomic E-state index is 0.0231. The lowest BCUT2D eigenvalue weighted by molar-refractivity contribution is -0.384. The van der Waals surface area contributed by atoms with Gasteiger partial charge < -0.3 is 11.1 Å². The molecule has 1 aromatic rings. The summed E-state index contributed by atoms with van der Waals surface area (Å²) in [6.45, 7) is 4.49. The number of nitro groups is 1. The molecule has 2 rings (SSSR count). The van der Waals surface area contributed by atoms with E-state index in [1.54, 1.807) is 0 Å².